The lowest BCUT2D eigenvalue weighted by molar-refractivity contribution is 0.314. The van der Waals surface area contributed by atoms with Gasteiger partial charge in [0.25, 0.3) is 10.0 Å². The minimum absolute atomic E-state index is 0.130. The fraction of sp³-hybridized carbons (Fsp3) is 0.267. The van der Waals surface area contributed by atoms with Gasteiger partial charge in [0.05, 0.1) is 16.0 Å². The molecule has 7 heteroatoms. The summed E-state index contributed by atoms with van der Waals surface area (Å²) in [6.07, 6.45) is 0.842. The van der Waals surface area contributed by atoms with Crippen molar-refractivity contribution in [3.8, 4) is 5.75 Å². The van der Waals surface area contributed by atoms with Crippen molar-refractivity contribution in [2.75, 3.05) is 11.3 Å². The predicted octanol–water partition coefficient (Wildman–Crippen LogP) is 3.74. The Morgan fingerprint density at radius 1 is 1.27 bits per heavy atom. The van der Waals surface area contributed by atoms with Gasteiger partial charge in [-0.2, -0.15) is 0 Å². The Balaban J connectivity index is 2.29. The van der Waals surface area contributed by atoms with E-state index in [4.69, 9.17) is 4.74 Å². The maximum atomic E-state index is 12.4. The first-order valence-electron chi connectivity index (χ1n) is 6.81. The van der Waals surface area contributed by atoms with Gasteiger partial charge in [-0.05, 0) is 53.5 Å². The molecule has 1 aromatic heterocycles. The van der Waals surface area contributed by atoms with E-state index in [1.807, 2.05) is 6.92 Å². The van der Waals surface area contributed by atoms with Crippen LogP contribution in [-0.4, -0.2) is 20.0 Å². The van der Waals surface area contributed by atoms with E-state index in [2.05, 4.69) is 25.6 Å². The Morgan fingerprint density at radius 2 is 2.05 bits per heavy atom. The lowest BCUT2D eigenvalue weighted by Crippen LogP contribution is -2.14. The van der Waals surface area contributed by atoms with Crippen LogP contribution in [0.2, 0.25) is 0 Å². The second kappa shape index (κ2) is 7.11. The third-order valence-electron chi connectivity index (χ3n) is 2.80. The monoisotopic (exact) mass is 384 g/mol. The van der Waals surface area contributed by atoms with Gasteiger partial charge in [-0.15, -0.1) is 0 Å². The van der Waals surface area contributed by atoms with E-state index in [-0.39, 0.29) is 4.90 Å². The SMILES string of the molecule is CCCOc1cc(S(=O)(=O)Nc2cccc(C)n2)ccc1Br. The lowest BCUT2D eigenvalue weighted by atomic mass is 10.3. The first-order valence-corrected chi connectivity index (χ1v) is 9.09. The Kier molecular flexibility index (Phi) is 5.42. The minimum atomic E-state index is -3.71. The van der Waals surface area contributed by atoms with Gasteiger partial charge >= 0.3 is 0 Å². The molecule has 0 saturated heterocycles. The van der Waals surface area contributed by atoms with E-state index in [0.717, 1.165) is 12.1 Å². The Bertz CT molecular complexity index is 763. The zero-order valence-electron chi connectivity index (χ0n) is 12.3. The summed E-state index contributed by atoms with van der Waals surface area (Å²) in [5.41, 5.74) is 0.739. The highest BCUT2D eigenvalue weighted by Gasteiger charge is 2.17. The average molecular weight is 385 g/mol. The van der Waals surface area contributed by atoms with Crippen molar-refractivity contribution < 1.29 is 13.2 Å². The van der Waals surface area contributed by atoms with Gasteiger partial charge in [-0.3, -0.25) is 4.72 Å². The van der Waals surface area contributed by atoms with Gasteiger partial charge in [-0.25, -0.2) is 13.4 Å². The summed E-state index contributed by atoms with van der Waals surface area (Å²) >= 11 is 3.35. The van der Waals surface area contributed by atoms with E-state index in [0.29, 0.717) is 22.6 Å². The average Bonchev–Trinajstić information content (AvgIpc) is 2.45. The number of pyridine rings is 1. The van der Waals surface area contributed by atoms with Crippen molar-refractivity contribution in [2.24, 2.45) is 0 Å². The van der Waals surface area contributed by atoms with Crippen LogP contribution in [0.15, 0.2) is 45.8 Å². The van der Waals surface area contributed by atoms with Crippen LogP contribution in [0.5, 0.6) is 5.75 Å². The zero-order chi connectivity index (χ0) is 16.2. The Labute approximate surface area is 138 Å². The summed E-state index contributed by atoms with van der Waals surface area (Å²) in [5, 5.41) is 0. The molecule has 1 aromatic carbocycles. The van der Waals surface area contributed by atoms with Gasteiger partial charge in [0, 0.05) is 11.8 Å². The first kappa shape index (κ1) is 16.8. The molecular weight excluding hydrogens is 368 g/mol. The molecule has 0 fully saturated rings. The number of nitrogens with one attached hydrogen (secondary N) is 1. The van der Waals surface area contributed by atoms with Gasteiger partial charge in [0.15, 0.2) is 0 Å². The number of anilines is 1. The number of ether oxygens (including phenoxy) is 1. The highest BCUT2D eigenvalue weighted by Crippen LogP contribution is 2.28. The second-order valence-electron chi connectivity index (χ2n) is 4.71. The smallest absolute Gasteiger partial charge is 0.263 e. The summed E-state index contributed by atoms with van der Waals surface area (Å²) in [5.74, 6) is 0.792. The molecule has 2 aromatic rings. The summed E-state index contributed by atoms with van der Waals surface area (Å²) in [4.78, 5) is 4.27. The lowest BCUT2D eigenvalue weighted by Gasteiger charge is -2.11. The van der Waals surface area contributed by atoms with Crippen LogP contribution in [0, 0.1) is 6.92 Å². The van der Waals surface area contributed by atoms with Crippen LogP contribution in [0.3, 0.4) is 0 Å². The molecule has 0 radical (unpaired) electrons. The zero-order valence-corrected chi connectivity index (χ0v) is 14.7. The highest BCUT2D eigenvalue weighted by atomic mass is 79.9. The standard InChI is InChI=1S/C15H17BrN2O3S/c1-3-9-21-14-10-12(7-8-13(14)16)22(19,20)18-15-6-4-5-11(2)17-15/h4-8,10H,3,9H2,1-2H3,(H,17,18). The van der Waals surface area contributed by atoms with Gasteiger partial charge in [-0.1, -0.05) is 13.0 Å². The number of hydrogen-bond donors (Lipinski definition) is 1. The van der Waals surface area contributed by atoms with E-state index < -0.39 is 10.0 Å². The molecule has 1 N–H and O–H groups in total. The van der Waals surface area contributed by atoms with Crippen LogP contribution in [-0.2, 0) is 10.0 Å². The third kappa shape index (κ3) is 4.20. The maximum absolute atomic E-state index is 12.4. The molecule has 0 aliphatic heterocycles. The summed E-state index contributed by atoms with van der Waals surface area (Å²) in [6, 6.07) is 9.83. The molecule has 0 atom stereocenters. The molecule has 2 rings (SSSR count). The summed E-state index contributed by atoms with van der Waals surface area (Å²) < 4.78 is 33.6. The Hall–Kier alpha value is -1.60. The normalized spacial score (nSPS) is 11.2. The summed E-state index contributed by atoms with van der Waals surface area (Å²) in [6.45, 7) is 4.31. The van der Waals surface area contributed by atoms with E-state index in [1.165, 1.54) is 12.1 Å². The van der Waals surface area contributed by atoms with E-state index in [9.17, 15) is 8.42 Å². The number of benzene rings is 1. The minimum Gasteiger partial charge on any atom is -0.492 e. The molecule has 5 nitrogen and oxygen atoms in total. The van der Waals surface area contributed by atoms with Gasteiger partial charge in [0.1, 0.15) is 11.6 Å². The fourth-order valence-corrected chi connectivity index (χ4v) is 3.15. The number of halogens is 1. The second-order valence-corrected chi connectivity index (χ2v) is 7.25. The third-order valence-corrected chi connectivity index (χ3v) is 4.81. The van der Waals surface area contributed by atoms with E-state index >= 15 is 0 Å². The van der Waals surface area contributed by atoms with Crippen molar-refractivity contribution in [2.45, 2.75) is 25.2 Å². The molecule has 0 spiro atoms. The van der Waals surface area contributed by atoms with Crippen molar-refractivity contribution in [1.29, 1.82) is 0 Å². The summed E-state index contributed by atoms with van der Waals surface area (Å²) in [7, 11) is -3.71. The molecule has 118 valence electrons. The van der Waals surface area contributed by atoms with Crippen LogP contribution in [0.25, 0.3) is 0 Å². The van der Waals surface area contributed by atoms with Crippen LogP contribution in [0.4, 0.5) is 5.82 Å². The van der Waals surface area contributed by atoms with Crippen molar-refractivity contribution in [3.63, 3.8) is 0 Å². The maximum Gasteiger partial charge on any atom is 0.263 e. The number of aromatic nitrogens is 1. The van der Waals surface area contributed by atoms with E-state index in [1.54, 1.807) is 31.2 Å². The number of hydrogen-bond acceptors (Lipinski definition) is 4. The Morgan fingerprint density at radius 3 is 2.73 bits per heavy atom. The topological polar surface area (TPSA) is 68.3 Å². The molecule has 0 amide bonds. The molecule has 0 unspecified atom stereocenters. The fourth-order valence-electron chi connectivity index (χ4n) is 1.77. The van der Waals surface area contributed by atoms with Crippen molar-refractivity contribution in [1.82, 2.24) is 4.98 Å². The van der Waals surface area contributed by atoms with Crippen molar-refractivity contribution >= 4 is 31.8 Å². The van der Waals surface area contributed by atoms with Crippen LogP contribution in [0.1, 0.15) is 19.0 Å². The predicted molar refractivity (Wildman–Crippen MR) is 89.7 cm³/mol. The molecule has 22 heavy (non-hydrogen) atoms. The molecule has 0 saturated carbocycles. The quantitative estimate of drug-likeness (QED) is 0.823. The van der Waals surface area contributed by atoms with Crippen LogP contribution < -0.4 is 9.46 Å². The largest absolute Gasteiger partial charge is 0.492 e. The number of nitrogens with zero attached hydrogens (tertiary/aromatic N) is 1. The van der Waals surface area contributed by atoms with Gasteiger partial charge < -0.3 is 4.74 Å². The highest BCUT2D eigenvalue weighted by molar-refractivity contribution is 9.10. The molecule has 0 aliphatic carbocycles. The first-order chi connectivity index (χ1) is 10.4. The molecule has 0 aliphatic rings. The van der Waals surface area contributed by atoms with Crippen molar-refractivity contribution in [3.05, 3.63) is 46.6 Å². The molecule has 0 bridgehead atoms. The van der Waals surface area contributed by atoms with Gasteiger partial charge in [0.2, 0.25) is 0 Å². The number of aryl methyl sites for hydroxylation is 1. The number of rotatable bonds is 6. The molecule has 1 heterocycles. The number of sulfonamides is 1. The molecular formula is C15H17BrN2O3S. The van der Waals surface area contributed by atoms with Crippen LogP contribution >= 0.6 is 15.9 Å².